The van der Waals surface area contributed by atoms with Crippen LogP contribution >= 0.6 is 11.8 Å². The molecule has 0 N–H and O–H groups in total. The number of amides is 2. The summed E-state index contributed by atoms with van der Waals surface area (Å²) in [6, 6.07) is 17.3. The van der Waals surface area contributed by atoms with E-state index in [9.17, 15) is 19.2 Å². The van der Waals surface area contributed by atoms with Crippen molar-refractivity contribution in [2.24, 2.45) is 4.99 Å². The van der Waals surface area contributed by atoms with Crippen molar-refractivity contribution in [1.82, 2.24) is 4.90 Å². The third kappa shape index (κ3) is 4.90. The first-order valence-corrected chi connectivity index (χ1v) is 12.2. The number of benzene rings is 2. The van der Waals surface area contributed by atoms with Crippen molar-refractivity contribution in [1.29, 1.82) is 5.26 Å². The topological polar surface area (TPSA) is 76.8 Å². The lowest BCUT2D eigenvalue weighted by molar-refractivity contribution is -0.131. The second-order valence-corrected chi connectivity index (χ2v) is 9.34. The molecule has 0 spiro atoms. The van der Waals surface area contributed by atoms with Gasteiger partial charge in [0.2, 0.25) is 5.91 Å². The maximum absolute atomic E-state index is 13.5. The number of hydrogen-bond acceptors (Lipinski definition) is 5. The van der Waals surface area contributed by atoms with Crippen molar-refractivity contribution in [3.8, 4) is 6.07 Å². The number of thioether (sulfide) groups is 1. The lowest BCUT2D eigenvalue weighted by Gasteiger charge is -2.39. The SMILES string of the molecule is CN(C(=O)CSC1=N/C(=C\c2ccccc2)C(=O)N1c1ccc(F)cc1)C1(C#N)CCCCC1. The number of nitriles is 1. The Morgan fingerprint density at radius 1 is 1.18 bits per heavy atom. The van der Waals surface area contributed by atoms with E-state index in [1.54, 1.807) is 18.0 Å². The van der Waals surface area contributed by atoms with Gasteiger partial charge in [-0.2, -0.15) is 5.26 Å². The zero-order valence-electron chi connectivity index (χ0n) is 18.9. The van der Waals surface area contributed by atoms with Crippen LogP contribution in [-0.2, 0) is 9.59 Å². The fraction of sp³-hybridized carbons (Fsp3) is 0.308. The fourth-order valence-corrected chi connectivity index (χ4v) is 5.17. The van der Waals surface area contributed by atoms with Crippen molar-refractivity contribution in [2.75, 3.05) is 17.7 Å². The molecule has 0 aromatic heterocycles. The van der Waals surface area contributed by atoms with Crippen LogP contribution in [0.1, 0.15) is 37.7 Å². The van der Waals surface area contributed by atoms with E-state index in [1.807, 2.05) is 30.3 Å². The summed E-state index contributed by atoms with van der Waals surface area (Å²) in [4.78, 5) is 33.7. The molecule has 4 rings (SSSR count). The Bertz CT molecular complexity index is 1170. The van der Waals surface area contributed by atoms with Gasteiger partial charge in [-0.05, 0) is 48.7 Å². The smallest absolute Gasteiger partial charge is 0.283 e. The molecule has 0 bridgehead atoms. The maximum Gasteiger partial charge on any atom is 0.283 e. The Morgan fingerprint density at radius 3 is 2.50 bits per heavy atom. The van der Waals surface area contributed by atoms with Crippen LogP contribution in [0.15, 0.2) is 65.3 Å². The third-order valence-electron chi connectivity index (χ3n) is 6.25. The minimum absolute atomic E-state index is 0.0301. The van der Waals surface area contributed by atoms with Crippen LogP contribution in [0.2, 0.25) is 0 Å². The van der Waals surface area contributed by atoms with E-state index < -0.39 is 11.4 Å². The van der Waals surface area contributed by atoms with Crippen LogP contribution in [0.4, 0.5) is 10.1 Å². The number of nitrogens with zero attached hydrogens (tertiary/aromatic N) is 4. The molecule has 6 nitrogen and oxygen atoms in total. The summed E-state index contributed by atoms with van der Waals surface area (Å²) in [7, 11) is 1.68. The van der Waals surface area contributed by atoms with Crippen molar-refractivity contribution < 1.29 is 14.0 Å². The molecule has 0 atom stereocenters. The lowest BCUT2D eigenvalue weighted by Crippen LogP contribution is -2.50. The van der Waals surface area contributed by atoms with Gasteiger partial charge in [-0.3, -0.25) is 14.5 Å². The Balaban J connectivity index is 1.57. The number of halogens is 1. The molecule has 0 radical (unpaired) electrons. The highest BCUT2D eigenvalue weighted by Crippen LogP contribution is 2.34. The van der Waals surface area contributed by atoms with Crippen molar-refractivity contribution in [3.63, 3.8) is 0 Å². The van der Waals surface area contributed by atoms with E-state index in [0.717, 1.165) is 36.6 Å². The molecule has 8 heteroatoms. The molecule has 2 amide bonds. The Morgan fingerprint density at radius 2 is 1.85 bits per heavy atom. The molecule has 1 aliphatic heterocycles. The van der Waals surface area contributed by atoms with Crippen LogP contribution in [0.3, 0.4) is 0 Å². The predicted octanol–water partition coefficient (Wildman–Crippen LogP) is 4.99. The summed E-state index contributed by atoms with van der Waals surface area (Å²) in [6.45, 7) is 0. The average molecular weight is 477 g/mol. The van der Waals surface area contributed by atoms with E-state index in [2.05, 4.69) is 11.1 Å². The van der Waals surface area contributed by atoms with E-state index >= 15 is 0 Å². The number of carbonyl (C=O) groups excluding carboxylic acids is 2. The van der Waals surface area contributed by atoms with E-state index in [0.29, 0.717) is 23.7 Å². The molecular weight excluding hydrogens is 451 g/mol. The van der Waals surface area contributed by atoms with Crippen molar-refractivity contribution in [3.05, 3.63) is 71.7 Å². The van der Waals surface area contributed by atoms with E-state index in [1.165, 1.54) is 29.2 Å². The monoisotopic (exact) mass is 476 g/mol. The van der Waals surface area contributed by atoms with Gasteiger partial charge in [-0.1, -0.05) is 61.4 Å². The number of anilines is 1. The minimum atomic E-state index is -0.780. The highest BCUT2D eigenvalue weighted by molar-refractivity contribution is 8.14. The van der Waals surface area contributed by atoms with Crippen LogP contribution < -0.4 is 4.90 Å². The van der Waals surface area contributed by atoms with Gasteiger partial charge in [0.15, 0.2) is 5.17 Å². The summed E-state index contributed by atoms with van der Waals surface area (Å²) in [5.74, 6) is -0.919. The van der Waals surface area contributed by atoms with Crippen LogP contribution in [0.5, 0.6) is 0 Å². The van der Waals surface area contributed by atoms with Gasteiger partial charge in [0.25, 0.3) is 5.91 Å². The van der Waals surface area contributed by atoms with Gasteiger partial charge < -0.3 is 4.90 Å². The van der Waals surface area contributed by atoms with Gasteiger partial charge in [-0.25, -0.2) is 9.38 Å². The molecule has 1 fully saturated rings. The van der Waals surface area contributed by atoms with Crippen molar-refractivity contribution >= 4 is 40.5 Å². The summed E-state index contributed by atoms with van der Waals surface area (Å²) >= 11 is 1.14. The zero-order valence-corrected chi connectivity index (χ0v) is 19.7. The van der Waals surface area contributed by atoms with Gasteiger partial charge in [-0.15, -0.1) is 0 Å². The summed E-state index contributed by atoms with van der Waals surface area (Å²) in [5.41, 5.74) is 0.748. The van der Waals surface area contributed by atoms with Gasteiger partial charge in [0.1, 0.15) is 17.1 Å². The Kier molecular flexibility index (Phi) is 7.13. The molecule has 2 aromatic carbocycles. The number of rotatable bonds is 5. The fourth-order valence-electron chi connectivity index (χ4n) is 4.24. The molecule has 0 unspecified atom stereocenters. The Hall–Kier alpha value is -3.44. The largest absolute Gasteiger partial charge is 0.326 e. The standard InChI is InChI=1S/C26H25FN4O2S/c1-30(26(18-28)14-6-3-7-15-26)23(32)17-34-25-29-22(16-19-8-4-2-5-9-19)24(33)31(25)21-12-10-20(27)11-13-21/h2,4-5,8-13,16H,3,6-7,14-15,17H2,1H3/b22-16-. The molecule has 34 heavy (non-hydrogen) atoms. The van der Waals surface area contributed by atoms with Crippen LogP contribution in [-0.4, -0.2) is 40.2 Å². The minimum Gasteiger partial charge on any atom is -0.326 e. The highest BCUT2D eigenvalue weighted by atomic mass is 32.2. The molecule has 2 aliphatic rings. The first kappa shape index (κ1) is 23.7. The molecule has 1 aliphatic carbocycles. The number of carbonyl (C=O) groups is 2. The molecule has 0 saturated heterocycles. The molecule has 174 valence electrons. The quantitative estimate of drug-likeness (QED) is 0.570. The maximum atomic E-state index is 13.5. The average Bonchev–Trinajstić information content (AvgIpc) is 3.18. The zero-order chi connectivity index (χ0) is 24.1. The number of amidine groups is 1. The number of hydrogen-bond donors (Lipinski definition) is 0. The first-order valence-electron chi connectivity index (χ1n) is 11.2. The lowest BCUT2D eigenvalue weighted by atomic mass is 9.81. The summed E-state index contributed by atoms with van der Waals surface area (Å²) < 4.78 is 13.5. The molecule has 1 saturated carbocycles. The third-order valence-corrected chi connectivity index (χ3v) is 7.17. The van der Waals surface area contributed by atoms with Crippen molar-refractivity contribution in [2.45, 2.75) is 37.6 Å². The number of aliphatic imine (C=N–C) groups is 1. The van der Waals surface area contributed by atoms with Crippen LogP contribution in [0.25, 0.3) is 6.08 Å². The van der Waals surface area contributed by atoms with E-state index in [4.69, 9.17) is 0 Å². The first-order chi connectivity index (χ1) is 16.4. The van der Waals surface area contributed by atoms with Gasteiger partial charge >= 0.3 is 0 Å². The van der Waals surface area contributed by atoms with Crippen LogP contribution in [0, 0.1) is 17.1 Å². The Labute approximate surface area is 202 Å². The van der Waals surface area contributed by atoms with E-state index in [-0.39, 0.29) is 23.3 Å². The molecule has 1 heterocycles. The van der Waals surface area contributed by atoms with Gasteiger partial charge in [0, 0.05) is 7.05 Å². The summed E-state index contributed by atoms with van der Waals surface area (Å²) in [6.07, 6.45) is 5.94. The second-order valence-electron chi connectivity index (χ2n) is 8.40. The van der Waals surface area contributed by atoms with Gasteiger partial charge in [0.05, 0.1) is 17.5 Å². The highest BCUT2D eigenvalue weighted by Gasteiger charge is 2.39. The second kappa shape index (κ2) is 10.2. The normalized spacial score (nSPS) is 18.5. The molecular formula is C26H25FN4O2S. The predicted molar refractivity (Wildman–Crippen MR) is 132 cm³/mol. The summed E-state index contributed by atoms with van der Waals surface area (Å²) in [5, 5.41) is 10.1. The molecule has 2 aromatic rings.